The summed E-state index contributed by atoms with van der Waals surface area (Å²) in [4.78, 5) is 11.8. The summed E-state index contributed by atoms with van der Waals surface area (Å²) in [7, 11) is 0. The van der Waals surface area contributed by atoms with E-state index < -0.39 is 0 Å². The van der Waals surface area contributed by atoms with Crippen LogP contribution in [0.15, 0.2) is 42.5 Å². The van der Waals surface area contributed by atoms with E-state index >= 15 is 0 Å². The first-order valence-corrected chi connectivity index (χ1v) is 6.66. The van der Waals surface area contributed by atoms with Crippen LogP contribution < -0.4 is 5.32 Å². The average molecular weight is 257 g/mol. The molecule has 0 saturated heterocycles. The number of carbonyl (C=O) groups is 1. The molecule has 2 aromatic rings. The molecule has 0 radical (unpaired) electrons. The standard InChI is InChI=1S/C16H19NO2/c1-3-15(16(18)19-4-2)17-14-10-9-12-7-5-6-8-13(12)11-14/h5-11,15,17H,3-4H2,1-2H3/t15-/m1/s1. The van der Waals surface area contributed by atoms with Gasteiger partial charge in [-0.3, -0.25) is 0 Å². The third-order valence-electron chi connectivity index (χ3n) is 3.07. The molecule has 2 aromatic carbocycles. The van der Waals surface area contributed by atoms with E-state index in [9.17, 15) is 4.79 Å². The fraction of sp³-hybridized carbons (Fsp3) is 0.312. The van der Waals surface area contributed by atoms with Gasteiger partial charge in [0.05, 0.1) is 6.61 Å². The summed E-state index contributed by atoms with van der Waals surface area (Å²) in [5.74, 6) is -0.196. The summed E-state index contributed by atoms with van der Waals surface area (Å²) >= 11 is 0. The molecule has 100 valence electrons. The normalized spacial score (nSPS) is 12.1. The Bertz CT molecular complexity index is 565. The van der Waals surface area contributed by atoms with Crippen LogP contribution in [-0.4, -0.2) is 18.6 Å². The van der Waals surface area contributed by atoms with Gasteiger partial charge in [-0.05, 0) is 36.2 Å². The van der Waals surface area contributed by atoms with E-state index in [-0.39, 0.29) is 12.0 Å². The molecule has 0 aliphatic rings. The van der Waals surface area contributed by atoms with Gasteiger partial charge in [-0.2, -0.15) is 0 Å². The highest BCUT2D eigenvalue weighted by molar-refractivity contribution is 5.87. The number of benzene rings is 2. The van der Waals surface area contributed by atoms with Crippen molar-refractivity contribution in [2.45, 2.75) is 26.3 Å². The number of hydrogen-bond donors (Lipinski definition) is 1. The number of esters is 1. The van der Waals surface area contributed by atoms with Crippen molar-refractivity contribution in [2.24, 2.45) is 0 Å². The molecule has 3 nitrogen and oxygen atoms in total. The Balaban J connectivity index is 2.17. The molecule has 0 amide bonds. The summed E-state index contributed by atoms with van der Waals surface area (Å²) in [5.41, 5.74) is 0.943. The molecule has 0 unspecified atom stereocenters. The molecule has 19 heavy (non-hydrogen) atoms. The summed E-state index contributed by atoms with van der Waals surface area (Å²) in [6.07, 6.45) is 0.700. The molecule has 0 spiro atoms. The third-order valence-corrected chi connectivity index (χ3v) is 3.07. The fourth-order valence-electron chi connectivity index (χ4n) is 2.05. The molecule has 2 rings (SSSR count). The smallest absolute Gasteiger partial charge is 0.328 e. The number of hydrogen-bond acceptors (Lipinski definition) is 3. The Morgan fingerprint density at radius 3 is 2.58 bits per heavy atom. The van der Waals surface area contributed by atoms with Crippen LogP contribution in [0.5, 0.6) is 0 Å². The SMILES string of the molecule is CCOC(=O)[C@@H](CC)Nc1ccc2ccccc2c1. The van der Waals surface area contributed by atoms with Crippen LogP contribution in [-0.2, 0) is 9.53 Å². The van der Waals surface area contributed by atoms with Crippen molar-refractivity contribution in [3.63, 3.8) is 0 Å². The largest absolute Gasteiger partial charge is 0.464 e. The number of anilines is 1. The lowest BCUT2D eigenvalue weighted by Gasteiger charge is -2.17. The minimum absolute atomic E-state index is 0.196. The van der Waals surface area contributed by atoms with Crippen molar-refractivity contribution in [1.82, 2.24) is 0 Å². The molecule has 0 aliphatic heterocycles. The second-order valence-corrected chi connectivity index (χ2v) is 4.42. The van der Waals surface area contributed by atoms with E-state index in [0.29, 0.717) is 13.0 Å². The van der Waals surface area contributed by atoms with Crippen molar-refractivity contribution in [2.75, 3.05) is 11.9 Å². The van der Waals surface area contributed by atoms with E-state index in [0.717, 1.165) is 11.1 Å². The second-order valence-electron chi connectivity index (χ2n) is 4.42. The van der Waals surface area contributed by atoms with Crippen molar-refractivity contribution in [3.05, 3.63) is 42.5 Å². The van der Waals surface area contributed by atoms with Crippen LogP contribution >= 0.6 is 0 Å². The highest BCUT2D eigenvalue weighted by Crippen LogP contribution is 2.20. The molecule has 3 heteroatoms. The molecule has 0 heterocycles. The zero-order valence-corrected chi connectivity index (χ0v) is 11.3. The van der Waals surface area contributed by atoms with Crippen LogP contribution in [0, 0.1) is 0 Å². The minimum Gasteiger partial charge on any atom is -0.464 e. The van der Waals surface area contributed by atoms with Gasteiger partial charge in [0.25, 0.3) is 0 Å². The van der Waals surface area contributed by atoms with E-state index in [1.54, 1.807) is 0 Å². The van der Waals surface area contributed by atoms with Gasteiger partial charge >= 0.3 is 5.97 Å². The maximum atomic E-state index is 11.8. The van der Waals surface area contributed by atoms with Crippen molar-refractivity contribution >= 4 is 22.4 Å². The van der Waals surface area contributed by atoms with Gasteiger partial charge < -0.3 is 10.1 Å². The van der Waals surface area contributed by atoms with Crippen LogP contribution in [0.2, 0.25) is 0 Å². The lowest BCUT2D eigenvalue weighted by Crippen LogP contribution is -2.30. The Kier molecular flexibility index (Phi) is 4.39. The summed E-state index contributed by atoms with van der Waals surface area (Å²) in [6.45, 7) is 4.20. The molecule has 0 saturated carbocycles. The van der Waals surface area contributed by atoms with E-state index in [1.807, 2.05) is 32.0 Å². The van der Waals surface area contributed by atoms with Gasteiger partial charge in [0.2, 0.25) is 0 Å². The number of ether oxygens (including phenoxy) is 1. The van der Waals surface area contributed by atoms with Gasteiger partial charge in [-0.15, -0.1) is 0 Å². The summed E-state index contributed by atoms with van der Waals surface area (Å²) in [6, 6.07) is 14.0. The molecular formula is C16H19NO2. The summed E-state index contributed by atoms with van der Waals surface area (Å²) < 4.78 is 5.05. The topological polar surface area (TPSA) is 38.3 Å². The molecular weight excluding hydrogens is 238 g/mol. The minimum atomic E-state index is -0.291. The monoisotopic (exact) mass is 257 g/mol. The quantitative estimate of drug-likeness (QED) is 0.832. The fourth-order valence-corrected chi connectivity index (χ4v) is 2.05. The zero-order valence-electron chi connectivity index (χ0n) is 11.3. The van der Waals surface area contributed by atoms with Gasteiger partial charge in [0.15, 0.2) is 0 Å². The third kappa shape index (κ3) is 3.25. The molecule has 0 aliphatic carbocycles. The maximum absolute atomic E-state index is 11.8. The Morgan fingerprint density at radius 2 is 1.89 bits per heavy atom. The van der Waals surface area contributed by atoms with Crippen LogP contribution in [0.3, 0.4) is 0 Å². The predicted octanol–water partition coefficient (Wildman–Crippen LogP) is 3.59. The van der Waals surface area contributed by atoms with E-state index in [2.05, 4.69) is 29.6 Å². The molecule has 1 N–H and O–H groups in total. The first kappa shape index (κ1) is 13.4. The molecule has 0 fully saturated rings. The first-order chi connectivity index (χ1) is 9.24. The number of fused-ring (bicyclic) bond motifs is 1. The van der Waals surface area contributed by atoms with Crippen molar-refractivity contribution in [3.8, 4) is 0 Å². The van der Waals surface area contributed by atoms with Crippen LogP contribution in [0.1, 0.15) is 20.3 Å². The summed E-state index contributed by atoms with van der Waals surface area (Å²) in [5, 5.41) is 5.58. The molecule has 1 atom stereocenters. The van der Waals surface area contributed by atoms with Crippen LogP contribution in [0.25, 0.3) is 10.8 Å². The highest BCUT2D eigenvalue weighted by Gasteiger charge is 2.17. The van der Waals surface area contributed by atoms with Gasteiger partial charge in [0.1, 0.15) is 6.04 Å². The maximum Gasteiger partial charge on any atom is 0.328 e. The predicted molar refractivity (Wildman–Crippen MR) is 78.3 cm³/mol. The van der Waals surface area contributed by atoms with Crippen molar-refractivity contribution in [1.29, 1.82) is 0 Å². The van der Waals surface area contributed by atoms with Gasteiger partial charge in [0, 0.05) is 5.69 Å². The highest BCUT2D eigenvalue weighted by atomic mass is 16.5. The molecule has 0 aromatic heterocycles. The van der Waals surface area contributed by atoms with Gasteiger partial charge in [-0.1, -0.05) is 37.3 Å². The molecule has 0 bridgehead atoms. The number of carbonyl (C=O) groups excluding carboxylic acids is 1. The number of nitrogens with one attached hydrogen (secondary N) is 1. The Hall–Kier alpha value is -2.03. The van der Waals surface area contributed by atoms with E-state index in [4.69, 9.17) is 4.74 Å². The lowest BCUT2D eigenvalue weighted by atomic mass is 10.1. The van der Waals surface area contributed by atoms with Crippen molar-refractivity contribution < 1.29 is 9.53 Å². The van der Waals surface area contributed by atoms with Gasteiger partial charge in [-0.25, -0.2) is 4.79 Å². The average Bonchev–Trinajstić information content (AvgIpc) is 2.44. The zero-order chi connectivity index (χ0) is 13.7. The first-order valence-electron chi connectivity index (χ1n) is 6.66. The number of rotatable bonds is 5. The Morgan fingerprint density at radius 1 is 1.16 bits per heavy atom. The Labute approximate surface area is 113 Å². The van der Waals surface area contributed by atoms with Crippen LogP contribution in [0.4, 0.5) is 5.69 Å². The lowest BCUT2D eigenvalue weighted by molar-refractivity contribution is -0.144. The second kappa shape index (κ2) is 6.23. The van der Waals surface area contributed by atoms with E-state index in [1.165, 1.54) is 5.39 Å².